The van der Waals surface area contributed by atoms with Gasteiger partial charge in [0.25, 0.3) is 5.56 Å². The van der Waals surface area contributed by atoms with E-state index in [9.17, 15) is 9.59 Å². The number of nitrogen functional groups attached to an aromatic ring is 1. The van der Waals surface area contributed by atoms with Crippen LogP contribution in [0.1, 0.15) is 20.3 Å². The Balaban J connectivity index is 3.23. The van der Waals surface area contributed by atoms with Crippen LogP contribution in [0.15, 0.2) is 15.8 Å². The minimum Gasteiger partial charge on any atom is -0.393 e. The third-order valence-electron chi connectivity index (χ3n) is 2.15. The zero-order valence-electron chi connectivity index (χ0n) is 9.60. The van der Waals surface area contributed by atoms with Gasteiger partial charge < -0.3 is 10.5 Å². The predicted octanol–water partition coefficient (Wildman–Crippen LogP) is -0.00380. The molecule has 0 spiro atoms. The lowest BCUT2D eigenvalue weighted by Crippen LogP contribution is -2.41. The molecule has 0 amide bonds. The Labute approximate surface area is 93.3 Å². The van der Waals surface area contributed by atoms with Crippen LogP contribution in [0.2, 0.25) is 0 Å². The summed E-state index contributed by atoms with van der Waals surface area (Å²) in [6.45, 7) is 4.66. The van der Waals surface area contributed by atoms with Gasteiger partial charge in [-0.15, -0.1) is 0 Å². The summed E-state index contributed by atoms with van der Waals surface area (Å²) in [5, 5.41) is 0. The molecule has 2 N–H and O–H groups in total. The Hall–Kier alpha value is -1.56. The summed E-state index contributed by atoms with van der Waals surface area (Å²) < 4.78 is 7.50. The number of nitrogens with two attached hydrogens (primary N) is 1. The molecule has 1 aromatic rings. The average Bonchev–Trinajstić information content (AvgIpc) is 2.26. The molecule has 0 aliphatic rings. The van der Waals surface area contributed by atoms with Crippen molar-refractivity contribution in [2.24, 2.45) is 0 Å². The number of aromatic nitrogens is 2. The second-order valence-electron chi connectivity index (χ2n) is 3.42. The number of anilines is 1. The summed E-state index contributed by atoms with van der Waals surface area (Å²) in [6, 6.07) is 0. The summed E-state index contributed by atoms with van der Waals surface area (Å²) in [4.78, 5) is 23.4. The molecule has 1 rings (SSSR count). The van der Waals surface area contributed by atoms with Crippen molar-refractivity contribution < 1.29 is 4.74 Å². The lowest BCUT2D eigenvalue weighted by atomic mass is 10.4. The maximum atomic E-state index is 11.8. The monoisotopic (exact) mass is 227 g/mol. The van der Waals surface area contributed by atoms with Crippen molar-refractivity contribution in [3.8, 4) is 0 Å². The molecule has 6 heteroatoms. The Kier molecular flexibility index (Phi) is 4.30. The fraction of sp³-hybridized carbons (Fsp3) is 0.600. The molecule has 6 nitrogen and oxygen atoms in total. The van der Waals surface area contributed by atoms with E-state index in [-0.39, 0.29) is 18.1 Å². The van der Waals surface area contributed by atoms with Crippen LogP contribution in [0.5, 0.6) is 0 Å². The molecule has 0 saturated heterocycles. The van der Waals surface area contributed by atoms with Crippen LogP contribution in [0.4, 0.5) is 5.69 Å². The Morgan fingerprint density at radius 2 is 2.06 bits per heavy atom. The number of hydrogen-bond donors (Lipinski definition) is 1. The molecule has 0 aliphatic heterocycles. The zero-order valence-corrected chi connectivity index (χ0v) is 9.60. The molecule has 0 bridgehead atoms. The van der Waals surface area contributed by atoms with Gasteiger partial charge in [-0.3, -0.25) is 9.36 Å². The summed E-state index contributed by atoms with van der Waals surface area (Å²) in [6.07, 6.45) is 2.18. The number of hydrogen-bond acceptors (Lipinski definition) is 4. The largest absolute Gasteiger partial charge is 0.393 e. The van der Waals surface area contributed by atoms with Crippen LogP contribution in [0.25, 0.3) is 0 Å². The highest BCUT2D eigenvalue weighted by Crippen LogP contribution is 1.92. The summed E-state index contributed by atoms with van der Waals surface area (Å²) >= 11 is 0. The van der Waals surface area contributed by atoms with Gasteiger partial charge in [-0.25, -0.2) is 9.36 Å². The van der Waals surface area contributed by atoms with E-state index in [2.05, 4.69) is 0 Å². The molecule has 0 fully saturated rings. The third-order valence-corrected chi connectivity index (χ3v) is 2.15. The molecular formula is C10H17N3O3. The van der Waals surface area contributed by atoms with Crippen LogP contribution < -0.4 is 17.0 Å². The molecule has 0 unspecified atom stereocenters. The van der Waals surface area contributed by atoms with Crippen LogP contribution in [0.3, 0.4) is 0 Å². The van der Waals surface area contributed by atoms with Gasteiger partial charge in [-0.05, 0) is 13.3 Å². The maximum Gasteiger partial charge on any atom is 0.333 e. The second-order valence-corrected chi connectivity index (χ2v) is 3.42. The lowest BCUT2D eigenvalue weighted by Gasteiger charge is -2.10. The van der Waals surface area contributed by atoms with Crippen LogP contribution in [-0.4, -0.2) is 15.7 Å². The first-order chi connectivity index (χ1) is 7.61. The number of rotatable bonds is 5. The molecular weight excluding hydrogens is 210 g/mol. The van der Waals surface area contributed by atoms with Crippen molar-refractivity contribution in [3.63, 3.8) is 0 Å². The van der Waals surface area contributed by atoms with Gasteiger partial charge in [0.15, 0.2) is 0 Å². The first-order valence-corrected chi connectivity index (χ1v) is 5.29. The first kappa shape index (κ1) is 12.5. The van der Waals surface area contributed by atoms with Gasteiger partial charge >= 0.3 is 5.69 Å². The van der Waals surface area contributed by atoms with E-state index in [0.717, 1.165) is 11.0 Å². The highest BCUT2D eigenvalue weighted by atomic mass is 16.5. The highest BCUT2D eigenvalue weighted by Gasteiger charge is 2.08. The summed E-state index contributed by atoms with van der Waals surface area (Å²) in [5.41, 5.74) is 4.73. The van der Waals surface area contributed by atoms with E-state index in [1.807, 2.05) is 6.92 Å². The van der Waals surface area contributed by atoms with Gasteiger partial charge in [-0.2, -0.15) is 0 Å². The minimum absolute atomic E-state index is 0.0527. The zero-order chi connectivity index (χ0) is 12.1. The second kappa shape index (κ2) is 5.50. The van der Waals surface area contributed by atoms with E-state index in [1.54, 1.807) is 6.92 Å². The maximum absolute atomic E-state index is 11.8. The number of aryl methyl sites for hydroxylation is 1. The standard InChI is InChI=1S/C10H17N3O3/c1-3-5-12-6-8(11)9(14)13(10(12)15)7-16-4-2/h6H,3-5,7,11H2,1-2H3. The van der Waals surface area contributed by atoms with E-state index < -0.39 is 5.56 Å². The fourth-order valence-corrected chi connectivity index (χ4v) is 1.37. The molecule has 90 valence electrons. The topological polar surface area (TPSA) is 79.2 Å². The SMILES string of the molecule is CCCn1cc(N)c(=O)n(COCC)c1=O. The van der Waals surface area contributed by atoms with Crippen LogP contribution >= 0.6 is 0 Å². The molecule has 0 saturated carbocycles. The van der Waals surface area contributed by atoms with Crippen LogP contribution in [0, 0.1) is 0 Å². The normalized spacial score (nSPS) is 10.6. The van der Waals surface area contributed by atoms with E-state index in [1.165, 1.54) is 10.8 Å². The van der Waals surface area contributed by atoms with Crippen molar-refractivity contribution in [3.05, 3.63) is 27.0 Å². The smallest absolute Gasteiger partial charge is 0.333 e. The van der Waals surface area contributed by atoms with E-state index >= 15 is 0 Å². The van der Waals surface area contributed by atoms with Crippen molar-refractivity contribution >= 4 is 5.69 Å². The quantitative estimate of drug-likeness (QED) is 0.767. The van der Waals surface area contributed by atoms with Crippen LogP contribution in [-0.2, 0) is 18.0 Å². The van der Waals surface area contributed by atoms with Gasteiger partial charge in [0.1, 0.15) is 12.4 Å². The third kappa shape index (κ3) is 2.52. The lowest BCUT2D eigenvalue weighted by molar-refractivity contribution is 0.0811. The fourth-order valence-electron chi connectivity index (χ4n) is 1.37. The molecule has 16 heavy (non-hydrogen) atoms. The Bertz CT molecular complexity index is 461. The molecule has 0 radical (unpaired) electrons. The van der Waals surface area contributed by atoms with Crippen molar-refractivity contribution in [2.45, 2.75) is 33.5 Å². The Morgan fingerprint density at radius 1 is 1.38 bits per heavy atom. The van der Waals surface area contributed by atoms with Crippen molar-refractivity contribution in [2.75, 3.05) is 12.3 Å². The minimum atomic E-state index is -0.495. The number of nitrogens with zero attached hydrogens (tertiary/aromatic N) is 2. The summed E-state index contributed by atoms with van der Waals surface area (Å²) in [7, 11) is 0. The summed E-state index contributed by atoms with van der Waals surface area (Å²) in [5.74, 6) is 0. The van der Waals surface area contributed by atoms with Gasteiger partial charge in [0, 0.05) is 19.3 Å². The predicted molar refractivity (Wildman–Crippen MR) is 61.3 cm³/mol. The molecule has 0 atom stereocenters. The average molecular weight is 227 g/mol. The molecule has 0 aliphatic carbocycles. The first-order valence-electron chi connectivity index (χ1n) is 5.29. The Morgan fingerprint density at radius 3 is 2.62 bits per heavy atom. The molecule has 1 aromatic heterocycles. The van der Waals surface area contributed by atoms with Crippen molar-refractivity contribution in [1.29, 1.82) is 0 Å². The van der Waals surface area contributed by atoms with Crippen molar-refractivity contribution in [1.82, 2.24) is 9.13 Å². The van der Waals surface area contributed by atoms with E-state index in [0.29, 0.717) is 13.2 Å². The highest BCUT2D eigenvalue weighted by molar-refractivity contribution is 5.30. The van der Waals surface area contributed by atoms with Gasteiger partial charge in [0.05, 0.1) is 0 Å². The molecule has 1 heterocycles. The molecule has 0 aromatic carbocycles. The van der Waals surface area contributed by atoms with Gasteiger partial charge in [0.2, 0.25) is 0 Å². The van der Waals surface area contributed by atoms with E-state index in [4.69, 9.17) is 10.5 Å². The van der Waals surface area contributed by atoms with Gasteiger partial charge in [-0.1, -0.05) is 6.92 Å². The number of ether oxygens (including phenoxy) is 1.